The zero-order valence-corrected chi connectivity index (χ0v) is 11.5. The first kappa shape index (κ1) is 13.9. The number of rotatable bonds is 3. The van der Waals surface area contributed by atoms with Crippen molar-refractivity contribution in [3.05, 3.63) is 29.8 Å². The Morgan fingerprint density at radius 1 is 1.47 bits per heavy atom. The quantitative estimate of drug-likeness (QED) is 0.906. The normalized spacial score (nSPS) is 23.2. The van der Waals surface area contributed by atoms with Crippen molar-refractivity contribution in [1.82, 2.24) is 4.90 Å². The van der Waals surface area contributed by atoms with Crippen molar-refractivity contribution >= 4 is 5.91 Å². The van der Waals surface area contributed by atoms with Crippen molar-refractivity contribution in [3.63, 3.8) is 0 Å². The molecule has 0 spiro atoms. The van der Waals surface area contributed by atoms with Gasteiger partial charge in [0.05, 0.1) is 18.3 Å². The Balaban J connectivity index is 2.15. The second-order valence-electron chi connectivity index (χ2n) is 5.01. The standard InChI is InChI=1S/C15H21NO3/c1-3-19-14-7-5-4-6-12(14)15(18)16-9-8-11(2)13(17)10-16/h4-7,11,13,17H,3,8-10H2,1-2H3. The molecule has 0 aliphatic carbocycles. The fourth-order valence-electron chi connectivity index (χ4n) is 2.33. The second-order valence-corrected chi connectivity index (χ2v) is 5.01. The maximum atomic E-state index is 12.5. The number of nitrogens with zero attached hydrogens (tertiary/aromatic N) is 1. The number of carbonyl (C=O) groups is 1. The van der Waals surface area contributed by atoms with E-state index in [2.05, 4.69) is 0 Å². The SMILES string of the molecule is CCOc1ccccc1C(=O)N1CCC(C)C(O)C1. The average molecular weight is 263 g/mol. The van der Waals surface area contributed by atoms with Crippen LogP contribution in [0.25, 0.3) is 0 Å². The zero-order chi connectivity index (χ0) is 13.8. The fourth-order valence-corrected chi connectivity index (χ4v) is 2.33. The Morgan fingerprint density at radius 2 is 2.21 bits per heavy atom. The van der Waals surface area contributed by atoms with Gasteiger partial charge in [0, 0.05) is 13.1 Å². The predicted octanol–water partition coefficient (Wildman–Crippen LogP) is 1.93. The van der Waals surface area contributed by atoms with E-state index in [0.29, 0.717) is 31.0 Å². The van der Waals surface area contributed by atoms with E-state index in [1.165, 1.54) is 0 Å². The van der Waals surface area contributed by atoms with E-state index in [-0.39, 0.29) is 11.8 Å². The molecular formula is C15H21NO3. The number of hydrogen-bond acceptors (Lipinski definition) is 3. The molecule has 2 atom stereocenters. The lowest BCUT2D eigenvalue weighted by molar-refractivity contribution is 0.0246. The van der Waals surface area contributed by atoms with Crippen LogP contribution in [0.5, 0.6) is 5.75 Å². The summed E-state index contributed by atoms with van der Waals surface area (Å²) in [4.78, 5) is 14.2. The van der Waals surface area contributed by atoms with Gasteiger partial charge in [-0.25, -0.2) is 0 Å². The summed E-state index contributed by atoms with van der Waals surface area (Å²) in [7, 11) is 0. The molecule has 1 N–H and O–H groups in total. The van der Waals surface area contributed by atoms with Crippen LogP contribution < -0.4 is 4.74 Å². The maximum absolute atomic E-state index is 12.5. The highest BCUT2D eigenvalue weighted by molar-refractivity contribution is 5.97. The Hall–Kier alpha value is -1.55. The van der Waals surface area contributed by atoms with Gasteiger partial charge >= 0.3 is 0 Å². The molecule has 1 saturated heterocycles. The van der Waals surface area contributed by atoms with Gasteiger partial charge in [0.2, 0.25) is 0 Å². The molecule has 0 aromatic heterocycles. The van der Waals surface area contributed by atoms with Crippen LogP contribution in [0.1, 0.15) is 30.6 Å². The summed E-state index contributed by atoms with van der Waals surface area (Å²) >= 11 is 0. The molecule has 2 rings (SSSR count). The second kappa shape index (κ2) is 6.06. The van der Waals surface area contributed by atoms with Crippen molar-refractivity contribution in [2.45, 2.75) is 26.4 Å². The van der Waals surface area contributed by atoms with Gasteiger partial charge in [0.15, 0.2) is 0 Å². The summed E-state index contributed by atoms with van der Waals surface area (Å²) < 4.78 is 5.49. The van der Waals surface area contributed by atoms with E-state index < -0.39 is 6.10 Å². The minimum Gasteiger partial charge on any atom is -0.493 e. The van der Waals surface area contributed by atoms with Gasteiger partial charge in [0.1, 0.15) is 5.75 Å². The van der Waals surface area contributed by atoms with Crippen LogP contribution >= 0.6 is 0 Å². The van der Waals surface area contributed by atoms with Crippen LogP contribution in [0, 0.1) is 5.92 Å². The first-order valence-electron chi connectivity index (χ1n) is 6.82. The molecule has 1 amide bonds. The van der Waals surface area contributed by atoms with Crippen LogP contribution in [0.2, 0.25) is 0 Å². The monoisotopic (exact) mass is 263 g/mol. The number of carbonyl (C=O) groups excluding carboxylic acids is 1. The summed E-state index contributed by atoms with van der Waals surface area (Å²) in [6.07, 6.45) is 0.404. The Bertz CT molecular complexity index is 447. The maximum Gasteiger partial charge on any atom is 0.257 e. The number of likely N-dealkylation sites (tertiary alicyclic amines) is 1. The number of para-hydroxylation sites is 1. The molecule has 1 aromatic carbocycles. The molecule has 1 aliphatic rings. The number of β-amino-alcohol motifs (C(OH)–C–C–N with tert-alkyl or cyclic N) is 1. The van der Waals surface area contributed by atoms with Crippen molar-refractivity contribution in [1.29, 1.82) is 0 Å². The first-order chi connectivity index (χ1) is 9.13. The van der Waals surface area contributed by atoms with Gasteiger partial charge in [-0.1, -0.05) is 19.1 Å². The summed E-state index contributed by atoms with van der Waals surface area (Å²) in [5.74, 6) is 0.810. The Kier molecular flexibility index (Phi) is 4.43. The van der Waals surface area contributed by atoms with E-state index in [1.54, 1.807) is 17.0 Å². The molecule has 1 aromatic rings. The molecule has 104 valence electrons. The highest BCUT2D eigenvalue weighted by atomic mass is 16.5. The molecule has 2 unspecified atom stereocenters. The third kappa shape index (κ3) is 3.07. The molecule has 4 heteroatoms. The van der Waals surface area contributed by atoms with Gasteiger partial charge in [-0.3, -0.25) is 4.79 Å². The summed E-state index contributed by atoms with van der Waals surface area (Å²) in [6, 6.07) is 7.27. The molecule has 0 bridgehead atoms. The minimum absolute atomic E-state index is 0.0602. The number of aliphatic hydroxyl groups excluding tert-OH is 1. The fraction of sp³-hybridized carbons (Fsp3) is 0.533. The molecule has 0 radical (unpaired) electrons. The largest absolute Gasteiger partial charge is 0.493 e. The average Bonchev–Trinajstić information content (AvgIpc) is 2.42. The Morgan fingerprint density at radius 3 is 2.89 bits per heavy atom. The molecule has 1 heterocycles. The number of ether oxygens (including phenoxy) is 1. The van der Waals surface area contributed by atoms with Gasteiger partial charge in [0.25, 0.3) is 5.91 Å². The van der Waals surface area contributed by atoms with Crippen molar-refractivity contribution in [2.75, 3.05) is 19.7 Å². The van der Waals surface area contributed by atoms with Crippen LogP contribution in [-0.2, 0) is 0 Å². The highest BCUT2D eigenvalue weighted by Crippen LogP contribution is 2.23. The molecular weight excluding hydrogens is 242 g/mol. The topological polar surface area (TPSA) is 49.8 Å². The molecule has 1 fully saturated rings. The van der Waals surface area contributed by atoms with Crippen LogP contribution in [0.3, 0.4) is 0 Å². The summed E-state index contributed by atoms with van der Waals surface area (Å²) in [6.45, 7) is 5.54. The van der Waals surface area contributed by atoms with E-state index in [9.17, 15) is 9.90 Å². The smallest absolute Gasteiger partial charge is 0.257 e. The summed E-state index contributed by atoms with van der Waals surface area (Å²) in [5.41, 5.74) is 0.575. The van der Waals surface area contributed by atoms with Gasteiger partial charge in [-0.05, 0) is 31.4 Å². The summed E-state index contributed by atoms with van der Waals surface area (Å²) in [5, 5.41) is 9.89. The lowest BCUT2D eigenvalue weighted by atomic mass is 9.95. The molecule has 1 aliphatic heterocycles. The molecule has 0 saturated carbocycles. The number of benzene rings is 1. The highest BCUT2D eigenvalue weighted by Gasteiger charge is 2.28. The zero-order valence-electron chi connectivity index (χ0n) is 11.5. The van der Waals surface area contributed by atoms with Crippen LogP contribution in [0.15, 0.2) is 24.3 Å². The molecule has 4 nitrogen and oxygen atoms in total. The lowest BCUT2D eigenvalue weighted by Crippen LogP contribution is -2.45. The number of amides is 1. The van der Waals surface area contributed by atoms with E-state index in [1.807, 2.05) is 26.0 Å². The first-order valence-corrected chi connectivity index (χ1v) is 6.82. The van der Waals surface area contributed by atoms with Gasteiger partial charge in [-0.15, -0.1) is 0 Å². The van der Waals surface area contributed by atoms with Gasteiger partial charge < -0.3 is 14.7 Å². The predicted molar refractivity (Wildman–Crippen MR) is 73.3 cm³/mol. The van der Waals surface area contributed by atoms with Crippen LogP contribution in [0.4, 0.5) is 0 Å². The van der Waals surface area contributed by atoms with Gasteiger partial charge in [-0.2, -0.15) is 0 Å². The van der Waals surface area contributed by atoms with E-state index in [4.69, 9.17) is 4.74 Å². The third-order valence-electron chi connectivity index (χ3n) is 3.62. The van der Waals surface area contributed by atoms with Crippen LogP contribution in [-0.4, -0.2) is 41.7 Å². The third-order valence-corrected chi connectivity index (χ3v) is 3.62. The van der Waals surface area contributed by atoms with Crippen molar-refractivity contribution in [3.8, 4) is 5.75 Å². The van der Waals surface area contributed by atoms with E-state index >= 15 is 0 Å². The minimum atomic E-state index is -0.433. The lowest BCUT2D eigenvalue weighted by Gasteiger charge is -2.34. The number of aliphatic hydroxyl groups is 1. The van der Waals surface area contributed by atoms with Crippen molar-refractivity contribution in [2.24, 2.45) is 5.92 Å². The number of piperidine rings is 1. The van der Waals surface area contributed by atoms with E-state index in [0.717, 1.165) is 6.42 Å². The number of hydrogen-bond donors (Lipinski definition) is 1. The molecule has 19 heavy (non-hydrogen) atoms. The van der Waals surface area contributed by atoms with Crippen molar-refractivity contribution < 1.29 is 14.6 Å². The Labute approximate surface area is 114 Å².